The zero-order valence-corrected chi connectivity index (χ0v) is 6.76. The van der Waals surface area contributed by atoms with E-state index in [4.69, 9.17) is 4.74 Å². The molecule has 0 bridgehead atoms. The van der Waals surface area contributed by atoms with Gasteiger partial charge in [-0.3, -0.25) is 0 Å². The van der Waals surface area contributed by atoms with Crippen LogP contribution in [0.5, 0.6) is 5.75 Å². The lowest BCUT2D eigenvalue weighted by atomic mass is 10.3. The average Bonchev–Trinajstić information content (AvgIpc) is 2.02. The van der Waals surface area contributed by atoms with Gasteiger partial charge in [0, 0.05) is 6.92 Å². The Morgan fingerprint density at radius 3 is 2.33 bits per heavy atom. The molecule has 1 nitrogen and oxygen atoms in total. The molecule has 0 heterocycles. The minimum absolute atomic E-state index is 0.471. The molecule has 0 N–H and O–H groups in total. The Labute approximate surface area is 70.0 Å². The van der Waals surface area contributed by atoms with Crippen LogP contribution in [0.3, 0.4) is 0 Å². The molecular formula is C9H10F2O. The topological polar surface area (TPSA) is 9.23 Å². The quantitative estimate of drug-likeness (QED) is 0.681. The maximum absolute atomic E-state index is 12.3. The summed E-state index contributed by atoms with van der Waals surface area (Å²) in [5.41, 5.74) is 0. The van der Waals surface area contributed by atoms with E-state index in [9.17, 15) is 8.78 Å². The van der Waals surface area contributed by atoms with Gasteiger partial charge in [0.2, 0.25) is 0 Å². The summed E-state index contributed by atoms with van der Waals surface area (Å²) in [5.74, 6) is -2.30. The number of hydrogen-bond donors (Lipinski definition) is 0. The van der Waals surface area contributed by atoms with Crippen LogP contribution in [0, 0.1) is 0 Å². The standard InChI is InChI=1S/C9H10F2O/c1-9(10,11)7-12-8-5-3-2-4-6-8/h2-6H,7H2,1H3. The van der Waals surface area contributed by atoms with Crippen LogP contribution in [0.1, 0.15) is 6.92 Å². The third-order valence-corrected chi connectivity index (χ3v) is 1.24. The maximum atomic E-state index is 12.3. The Balaban J connectivity index is 2.44. The smallest absolute Gasteiger partial charge is 0.278 e. The molecule has 0 aliphatic rings. The maximum Gasteiger partial charge on any atom is 0.278 e. The van der Waals surface area contributed by atoms with Gasteiger partial charge < -0.3 is 4.74 Å². The Bertz CT molecular complexity index is 228. The van der Waals surface area contributed by atoms with Gasteiger partial charge in [-0.05, 0) is 12.1 Å². The van der Waals surface area contributed by atoms with Gasteiger partial charge in [-0.25, -0.2) is 8.78 Å². The molecule has 12 heavy (non-hydrogen) atoms. The lowest BCUT2D eigenvalue weighted by molar-refractivity contribution is -0.0229. The number of ether oxygens (including phenoxy) is 1. The summed E-state index contributed by atoms with van der Waals surface area (Å²) < 4.78 is 29.4. The molecule has 1 aromatic rings. The minimum atomic E-state index is -2.77. The van der Waals surface area contributed by atoms with Crippen LogP contribution in [0.15, 0.2) is 30.3 Å². The van der Waals surface area contributed by atoms with Gasteiger partial charge in [-0.15, -0.1) is 0 Å². The van der Waals surface area contributed by atoms with Crippen LogP contribution in [-0.4, -0.2) is 12.5 Å². The molecule has 0 aromatic heterocycles. The highest BCUT2D eigenvalue weighted by atomic mass is 19.3. The summed E-state index contributed by atoms with van der Waals surface area (Å²) in [4.78, 5) is 0. The second-order valence-corrected chi connectivity index (χ2v) is 2.67. The molecular weight excluding hydrogens is 162 g/mol. The zero-order valence-electron chi connectivity index (χ0n) is 6.76. The summed E-state index contributed by atoms with van der Waals surface area (Å²) in [7, 11) is 0. The number of para-hydroxylation sites is 1. The largest absolute Gasteiger partial charge is 0.487 e. The third-order valence-electron chi connectivity index (χ3n) is 1.24. The predicted molar refractivity (Wildman–Crippen MR) is 42.6 cm³/mol. The molecule has 0 amide bonds. The molecule has 0 aliphatic heterocycles. The normalized spacial score (nSPS) is 11.2. The SMILES string of the molecule is CC(F)(F)COc1ccccc1. The van der Waals surface area contributed by atoms with Crippen molar-refractivity contribution < 1.29 is 13.5 Å². The van der Waals surface area contributed by atoms with E-state index < -0.39 is 12.5 Å². The highest BCUT2D eigenvalue weighted by Crippen LogP contribution is 2.15. The monoisotopic (exact) mass is 172 g/mol. The molecule has 66 valence electrons. The van der Waals surface area contributed by atoms with Crippen LogP contribution >= 0.6 is 0 Å². The summed E-state index contributed by atoms with van der Waals surface area (Å²) in [6, 6.07) is 8.57. The first-order valence-corrected chi connectivity index (χ1v) is 3.64. The van der Waals surface area contributed by atoms with Crippen LogP contribution in [0.2, 0.25) is 0 Å². The van der Waals surface area contributed by atoms with Gasteiger partial charge in [0.05, 0.1) is 0 Å². The molecule has 1 aromatic carbocycles. The molecule has 0 aliphatic carbocycles. The first-order valence-electron chi connectivity index (χ1n) is 3.64. The van der Waals surface area contributed by atoms with Crippen molar-refractivity contribution in [2.45, 2.75) is 12.8 Å². The molecule has 0 saturated heterocycles. The van der Waals surface area contributed by atoms with Crippen molar-refractivity contribution in [3.63, 3.8) is 0 Å². The Morgan fingerprint density at radius 2 is 1.83 bits per heavy atom. The van der Waals surface area contributed by atoms with E-state index in [1.165, 1.54) is 0 Å². The second-order valence-electron chi connectivity index (χ2n) is 2.67. The Morgan fingerprint density at radius 1 is 1.25 bits per heavy atom. The second kappa shape index (κ2) is 3.52. The third kappa shape index (κ3) is 3.32. The van der Waals surface area contributed by atoms with Gasteiger partial charge in [-0.2, -0.15) is 0 Å². The summed E-state index contributed by atoms with van der Waals surface area (Å²) in [6.07, 6.45) is 0. The molecule has 0 spiro atoms. The minimum Gasteiger partial charge on any atom is -0.487 e. The Kier molecular flexibility index (Phi) is 2.63. The van der Waals surface area contributed by atoms with Crippen molar-refractivity contribution in [1.29, 1.82) is 0 Å². The van der Waals surface area contributed by atoms with Crippen LogP contribution in [0.25, 0.3) is 0 Å². The number of benzene rings is 1. The van der Waals surface area contributed by atoms with Crippen molar-refractivity contribution in [1.82, 2.24) is 0 Å². The number of alkyl halides is 2. The van der Waals surface area contributed by atoms with E-state index >= 15 is 0 Å². The number of hydrogen-bond acceptors (Lipinski definition) is 1. The molecule has 0 fully saturated rings. The van der Waals surface area contributed by atoms with Crippen molar-refractivity contribution in [3.8, 4) is 5.75 Å². The van der Waals surface area contributed by atoms with Crippen LogP contribution < -0.4 is 4.74 Å². The molecule has 0 saturated carbocycles. The van der Waals surface area contributed by atoms with Gasteiger partial charge >= 0.3 is 0 Å². The molecule has 0 unspecified atom stereocenters. The van der Waals surface area contributed by atoms with E-state index in [-0.39, 0.29) is 0 Å². The van der Waals surface area contributed by atoms with Gasteiger partial charge in [-0.1, -0.05) is 18.2 Å². The highest BCUT2D eigenvalue weighted by molar-refractivity contribution is 5.20. The summed E-state index contributed by atoms with van der Waals surface area (Å²) >= 11 is 0. The zero-order chi connectivity index (χ0) is 9.03. The molecule has 0 atom stereocenters. The molecule has 3 heteroatoms. The van der Waals surface area contributed by atoms with Crippen molar-refractivity contribution >= 4 is 0 Å². The fourth-order valence-electron chi connectivity index (χ4n) is 0.727. The van der Waals surface area contributed by atoms with Gasteiger partial charge in [0.1, 0.15) is 5.75 Å². The molecule has 0 radical (unpaired) electrons. The van der Waals surface area contributed by atoms with E-state index in [2.05, 4.69) is 0 Å². The highest BCUT2D eigenvalue weighted by Gasteiger charge is 2.21. The number of rotatable bonds is 3. The van der Waals surface area contributed by atoms with Crippen molar-refractivity contribution in [2.75, 3.05) is 6.61 Å². The van der Waals surface area contributed by atoms with E-state index in [0.717, 1.165) is 6.92 Å². The fourth-order valence-corrected chi connectivity index (χ4v) is 0.727. The van der Waals surface area contributed by atoms with E-state index in [1.807, 2.05) is 0 Å². The van der Waals surface area contributed by atoms with Crippen molar-refractivity contribution in [3.05, 3.63) is 30.3 Å². The number of halogens is 2. The van der Waals surface area contributed by atoms with E-state index in [0.29, 0.717) is 5.75 Å². The van der Waals surface area contributed by atoms with Crippen molar-refractivity contribution in [2.24, 2.45) is 0 Å². The summed E-state index contributed by atoms with van der Waals surface area (Å²) in [6.45, 7) is 0.257. The first-order chi connectivity index (χ1) is 5.58. The van der Waals surface area contributed by atoms with Crippen LogP contribution in [-0.2, 0) is 0 Å². The Hall–Kier alpha value is -1.12. The lowest BCUT2D eigenvalue weighted by Gasteiger charge is -2.11. The molecule has 1 rings (SSSR count). The fraction of sp³-hybridized carbons (Fsp3) is 0.333. The first kappa shape index (κ1) is 8.97. The lowest BCUT2D eigenvalue weighted by Crippen LogP contribution is -2.20. The van der Waals surface area contributed by atoms with E-state index in [1.54, 1.807) is 30.3 Å². The van der Waals surface area contributed by atoms with Crippen LogP contribution in [0.4, 0.5) is 8.78 Å². The van der Waals surface area contributed by atoms with Gasteiger partial charge in [0.15, 0.2) is 6.61 Å². The summed E-state index contributed by atoms with van der Waals surface area (Å²) in [5, 5.41) is 0. The average molecular weight is 172 g/mol. The predicted octanol–water partition coefficient (Wildman–Crippen LogP) is 2.72. The van der Waals surface area contributed by atoms with Gasteiger partial charge in [0.25, 0.3) is 5.92 Å².